The number of hydrogen-bond acceptors (Lipinski definition) is 2. The lowest BCUT2D eigenvalue weighted by Gasteiger charge is -2.39. The third-order valence-corrected chi connectivity index (χ3v) is 12.7. The first kappa shape index (κ1) is 38.9. The van der Waals surface area contributed by atoms with Crippen LogP contribution in [-0.2, 0) is 5.41 Å². The fourth-order valence-corrected chi connectivity index (χ4v) is 9.14. The number of nitrogens with zero attached hydrogens (tertiary/aromatic N) is 2. The van der Waals surface area contributed by atoms with E-state index in [4.69, 9.17) is 0 Å². The average molecular weight is 779 g/mol. The normalized spacial score (nSPS) is 13.5. The van der Waals surface area contributed by atoms with Gasteiger partial charge in [-0.25, -0.2) is 0 Å². The van der Waals surface area contributed by atoms with Crippen molar-refractivity contribution < 1.29 is 0 Å². The zero-order chi connectivity index (χ0) is 41.1. The van der Waals surface area contributed by atoms with Crippen molar-refractivity contribution >= 4 is 34.1 Å². The molecule has 2 nitrogen and oxygen atoms in total. The fraction of sp³-hybridized carbons (Fsp3) is 0.172. The van der Waals surface area contributed by atoms with E-state index >= 15 is 0 Å². The number of benzene rings is 8. The summed E-state index contributed by atoms with van der Waals surface area (Å²) in [6, 6.07) is 72.3. The van der Waals surface area contributed by atoms with Crippen LogP contribution < -0.4 is 9.80 Å². The molecule has 0 bridgehead atoms. The van der Waals surface area contributed by atoms with Crippen LogP contribution in [0.1, 0.15) is 65.5 Å². The molecule has 0 unspecified atom stereocenters. The van der Waals surface area contributed by atoms with E-state index in [2.05, 4.69) is 232 Å². The molecule has 8 aromatic rings. The highest BCUT2D eigenvalue weighted by Crippen LogP contribution is 2.47. The lowest BCUT2D eigenvalue weighted by molar-refractivity contribution is 0.346. The Kier molecular flexibility index (Phi) is 11.0. The maximum atomic E-state index is 2.41. The predicted octanol–water partition coefficient (Wildman–Crippen LogP) is 16.4. The van der Waals surface area contributed by atoms with Gasteiger partial charge in [-0.2, -0.15) is 0 Å². The van der Waals surface area contributed by atoms with Crippen molar-refractivity contribution in [3.05, 3.63) is 228 Å². The van der Waals surface area contributed by atoms with E-state index in [1.807, 2.05) is 0 Å². The van der Waals surface area contributed by atoms with Gasteiger partial charge >= 0.3 is 0 Å². The molecule has 0 aliphatic heterocycles. The van der Waals surface area contributed by atoms with Crippen LogP contribution in [0.2, 0.25) is 0 Å². The molecule has 1 aliphatic carbocycles. The Bertz CT molecular complexity index is 2450. The van der Waals surface area contributed by atoms with Gasteiger partial charge in [0, 0.05) is 39.5 Å². The molecular weight excluding hydrogens is 725 g/mol. The molecule has 0 N–H and O–H groups in total. The first-order valence-electron chi connectivity index (χ1n) is 21.6. The lowest BCUT2D eigenvalue weighted by Crippen LogP contribution is -2.30. The molecule has 2 heteroatoms. The van der Waals surface area contributed by atoms with Crippen LogP contribution in [-0.4, -0.2) is 0 Å². The summed E-state index contributed by atoms with van der Waals surface area (Å²) in [5.74, 6) is 0. The van der Waals surface area contributed by atoms with Crippen LogP contribution in [0.3, 0.4) is 0 Å². The summed E-state index contributed by atoms with van der Waals surface area (Å²) in [5.41, 5.74) is 19.7. The lowest BCUT2D eigenvalue weighted by atomic mass is 9.65. The first-order valence-corrected chi connectivity index (χ1v) is 21.6. The van der Waals surface area contributed by atoms with Gasteiger partial charge in [0.05, 0.1) is 0 Å². The molecule has 0 spiro atoms. The smallest absolute Gasteiger partial charge is 0.0462 e. The minimum atomic E-state index is -0.0376. The number of anilines is 6. The van der Waals surface area contributed by atoms with Gasteiger partial charge in [0.2, 0.25) is 0 Å². The van der Waals surface area contributed by atoms with E-state index in [-0.39, 0.29) is 5.41 Å². The molecule has 0 aromatic heterocycles. The van der Waals surface area contributed by atoms with Crippen LogP contribution in [0.25, 0.3) is 22.3 Å². The zero-order valence-electron chi connectivity index (χ0n) is 35.4. The van der Waals surface area contributed by atoms with E-state index in [1.54, 1.807) is 0 Å². The summed E-state index contributed by atoms with van der Waals surface area (Å²) in [5, 5.41) is 0. The van der Waals surface area contributed by atoms with Gasteiger partial charge in [-0.3, -0.25) is 0 Å². The molecule has 0 saturated heterocycles. The molecule has 0 atom stereocenters. The molecular formula is C58H54N2. The largest absolute Gasteiger partial charge is 0.311 e. The Balaban J connectivity index is 1.04. The summed E-state index contributed by atoms with van der Waals surface area (Å²) in [7, 11) is 0. The summed E-state index contributed by atoms with van der Waals surface area (Å²) >= 11 is 0. The van der Waals surface area contributed by atoms with Gasteiger partial charge in [0.25, 0.3) is 0 Å². The average Bonchev–Trinajstić information content (AvgIpc) is 3.30. The number of aryl methyl sites for hydroxylation is 4. The molecule has 1 fully saturated rings. The van der Waals surface area contributed by atoms with Crippen molar-refractivity contribution in [3.8, 4) is 22.3 Å². The van der Waals surface area contributed by atoms with Crippen molar-refractivity contribution in [2.75, 3.05) is 9.80 Å². The zero-order valence-corrected chi connectivity index (χ0v) is 35.4. The maximum Gasteiger partial charge on any atom is 0.0462 e. The number of hydrogen-bond donors (Lipinski definition) is 0. The van der Waals surface area contributed by atoms with Gasteiger partial charge < -0.3 is 9.80 Å². The van der Waals surface area contributed by atoms with Gasteiger partial charge in [-0.05, 0) is 147 Å². The molecule has 296 valence electrons. The van der Waals surface area contributed by atoms with Crippen LogP contribution in [0, 0.1) is 27.7 Å². The Morgan fingerprint density at radius 1 is 0.267 bits per heavy atom. The quantitative estimate of drug-likeness (QED) is 0.136. The summed E-state index contributed by atoms with van der Waals surface area (Å²) in [4.78, 5) is 4.77. The molecule has 8 aromatic carbocycles. The monoisotopic (exact) mass is 778 g/mol. The molecule has 1 saturated carbocycles. The van der Waals surface area contributed by atoms with Gasteiger partial charge in [0.1, 0.15) is 0 Å². The second-order valence-corrected chi connectivity index (χ2v) is 16.9. The molecule has 0 heterocycles. The van der Waals surface area contributed by atoms with Crippen molar-refractivity contribution in [1.82, 2.24) is 0 Å². The summed E-state index contributed by atoms with van der Waals surface area (Å²) < 4.78 is 0. The first-order chi connectivity index (χ1) is 29.3. The SMILES string of the molecule is Cc1ccc(-c2ccc(N(c3ccc(C)cc3)c3ccc(C4(c5ccc(N(c6ccc(C)cc6)c6ccc(-c7ccc(C)cc7)cc6)cc5)CCCCC4)cc3)cc2)cc1. The second kappa shape index (κ2) is 16.9. The molecule has 60 heavy (non-hydrogen) atoms. The highest BCUT2D eigenvalue weighted by molar-refractivity contribution is 5.80. The molecule has 1 aliphatic rings. The molecule has 9 rings (SSSR count). The van der Waals surface area contributed by atoms with E-state index in [0.717, 1.165) is 47.0 Å². The van der Waals surface area contributed by atoms with Gasteiger partial charge in [0.15, 0.2) is 0 Å². The van der Waals surface area contributed by atoms with E-state index in [1.165, 1.54) is 74.9 Å². The highest BCUT2D eigenvalue weighted by atomic mass is 15.1. The topological polar surface area (TPSA) is 6.48 Å². The van der Waals surface area contributed by atoms with Crippen molar-refractivity contribution in [2.45, 2.75) is 65.2 Å². The molecule has 0 amide bonds. The Morgan fingerprint density at radius 2 is 0.483 bits per heavy atom. The van der Waals surface area contributed by atoms with E-state index in [0.29, 0.717) is 0 Å². The number of rotatable bonds is 10. The van der Waals surface area contributed by atoms with Crippen molar-refractivity contribution in [3.63, 3.8) is 0 Å². The molecule has 0 radical (unpaired) electrons. The Hall–Kier alpha value is -6.64. The minimum absolute atomic E-state index is 0.0376. The van der Waals surface area contributed by atoms with Crippen LogP contribution >= 0.6 is 0 Å². The fourth-order valence-electron chi connectivity index (χ4n) is 9.14. The van der Waals surface area contributed by atoms with E-state index in [9.17, 15) is 0 Å². The second-order valence-electron chi connectivity index (χ2n) is 16.9. The van der Waals surface area contributed by atoms with Gasteiger partial charge in [-0.15, -0.1) is 0 Å². The highest BCUT2D eigenvalue weighted by Gasteiger charge is 2.36. The van der Waals surface area contributed by atoms with Crippen LogP contribution in [0.4, 0.5) is 34.1 Å². The third-order valence-electron chi connectivity index (χ3n) is 12.7. The predicted molar refractivity (Wildman–Crippen MR) is 256 cm³/mol. The third kappa shape index (κ3) is 8.03. The summed E-state index contributed by atoms with van der Waals surface area (Å²) in [6.07, 6.45) is 6.05. The van der Waals surface area contributed by atoms with Gasteiger partial charge in [-0.1, -0.05) is 163 Å². The Labute approximate surface area is 357 Å². The van der Waals surface area contributed by atoms with E-state index < -0.39 is 0 Å². The summed E-state index contributed by atoms with van der Waals surface area (Å²) in [6.45, 7) is 8.58. The Morgan fingerprint density at radius 3 is 0.767 bits per heavy atom. The standard InChI is InChI=1S/C58H54N2/c1-42-8-16-46(17-9-42)48-20-32-54(33-21-48)59(52-28-12-44(3)13-29-52)56-36-24-50(25-37-56)58(40-6-5-7-41-58)51-26-38-57(39-27-51)60(53-30-14-45(4)15-31-53)55-34-22-49(23-35-55)47-18-10-43(2)11-19-47/h8-39H,5-7,40-41H2,1-4H3. The van der Waals surface area contributed by atoms with Crippen LogP contribution in [0.5, 0.6) is 0 Å². The van der Waals surface area contributed by atoms with Crippen LogP contribution in [0.15, 0.2) is 194 Å². The maximum absolute atomic E-state index is 2.41. The minimum Gasteiger partial charge on any atom is -0.311 e. The van der Waals surface area contributed by atoms with Crippen molar-refractivity contribution in [1.29, 1.82) is 0 Å². The van der Waals surface area contributed by atoms with Crippen molar-refractivity contribution in [2.24, 2.45) is 0 Å².